The highest BCUT2D eigenvalue weighted by Crippen LogP contribution is 2.24. The first kappa shape index (κ1) is 26.8. The lowest BCUT2D eigenvalue weighted by atomic mass is 10.0. The third kappa shape index (κ3) is 6.43. The van der Waals surface area contributed by atoms with E-state index >= 15 is 0 Å². The van der Waals surface area contributed by atoms with Gasteiger partial charge >= 0.3 is 0 Å². The van der Waals surface area contributed by atoms with E-state index in [-0.39, 0.29) is 18.6 Å². The average molecular weight is 529 g/mol. The lowest BCUT2D eigenvalue weighted by Crippen LogP contribution is -2.39. The van der Waals surface area contributed by atoms with Gasteiger partial charge in [0.15, 0.2) is 0 Å². The zero-order valence-corrected chi connectivity index (χ0v) is 22.6. The second-order valence-corrected chi connectivity index (χ2v) is 9.99. The largest absolute Gasteiger partial charge is 0.490 e. The zero-order chi connectivity index (χ0) is 27.9. The quantitative estimate of drug-likeness (QED) is 0.205. The normalized spacial score (nSPS) is 11.6. The van der Waals surface area contributed by atoms with Crippen molar-refractivity contribution in [1.82, 2.24) is 10.3 Å². The fraction of sp³-hybridized carbons (Fsp3) is 0.171. The highest BCUT2D eigenvalue weighted by atomic mass is 16.5. The van der Waals surface area contributed by atoms with Crippen molar-refractivity contribution in [3.63, 3.8) is 0 Å². The Balaban J connectivity index is 1.35. The molecule has 1 heterocycles. The van der Waals surface area contributed by atoms with Crippen molar-refractivity contribution >= 4 is 16.8 Å². The number of benzene rings is 4. The van der Waals surface area contributed by atoms with E-state index in [4.69, 9.17) is 4.74 Å². The molecule has 0 unspecified atom stereocenters. The van der Waals surface area contributed by atoms with Gasteiger partial charge in [0.05, 0.1) is 24.3 Å². The number of aliphatic hydroxyl groups is 1. The predicted octanol–water partition coefficient (Wildman–Crippen LogP) is 6.36. The van der Waals surface area contributed by atoms with Crippen molar-refractivity contribution in [2.75, 3.05) is 6.61 Å². The molecule has 3 N–H and O–H groups in total. The Morgan fingerprint density at radius 2 is 1.55 bits per heavy atom. The Bertz CT molecular complexity index is 1660. The second kappa shape index (κ2) is 12.4. The third-order valence-electron chi connectivity index (χ3n) is 6.63. The molecule has 0 aliphatic rings. The molecule has 5 nitrogen and oxygen atoms in total. The number of aromatic amines is 1. The maximum Gasteiger partial charge on any atom is 0.255 e. The van der Waals surface area contributed by atoms with Crippen LogP contribution in [0.5, 0.6) is 5.75 Å². The molecule has 0 saturated carbocycles. The highest BCUT2D eigenvalue weighted by Gasteiger charge is 2.19. The Kier molecular flexibility index (Phi) is 8.29. The molecular weight excluding hydrogens is 496 g/mol. The molecule has 200 valence electrons. The number of carbonyl (C=O) groups excluding carboxylic acids is 1. The number of fused-ring (bicyclic) bond motifs is 1. The van der Waals surface area contributed by atoms with Crippen LogP contribution in [0, 0.1) is 11.8 Å². The number of aromatic nitrogens is 1. The van der Waals surface area contributed by atoms with Gasteiger partial charge in [0.1, 0.15) is 5.75 Å². The lowest BCUT2D eigenvalue weighted by Gasteiger charge is -2.19. The van der Waals surface area contributed by atoms with Gasteiger partial charge in [-0.1, -0.05) is 72.5 Å². The first-order chi connectivity index (χ1) is 19.5. The number of hydrogen-bond donors (Lipinski definition) is 3. The Hall–Kier alpha value is -4.79. The molecule has 5 aromatic rings. The molecule has 1 atom stereocenters. The molecule has 0 saturated heterocycles. The average Bonchev–Trinajstić information content (AvgIpc) is 3.39. The van der Waals surface area contributed by atoms with E-state index in [0.717, 1.165) is 33.2 Å². The summed E-state index contributed by atoms with van der Waals surface area (Å²) >= 11 is 0. The zero-order valence-electron chi connectivity index (χ0n) is 22.6. The molecule has 1 amide bonds. The molecule has 5 rings (SSSR count). The molecule has 1 aromatic heterocycles. The van der Waals surface area contributed by atoms with Crippen LogP contribution >= 0.6 is 0 Å². The molecular formula is C35H32N2O3. The minimum absolute atomic E-state index is 0.105. The summed E-state index contributed by atoms with van der Waals surface area (Å²) in [7, 11) is 0. The maximum atomic E-state index is 13.4. The number of para-hydroxylation sites is 1. The minimum Gasteiger partial charge on any atom is -0.490 e. The van der Waals surface area contributed by atoms with Crippen LogP contribution in [0.15, 0.2) is 103 Å². The summed E-state index contributed by atoms with van der Waals surface area (Å²) in [5.41, 5.74) is 6.31. The minimum atomic E-state index is -0.462. The van der Waals surface area contributed by atoms with Gasteiger partial charge in [0.2, 0.25) is 0 Å². The van der Waals surface area contributed by atoms with Crippen LogP contribution in [0.25, 0.3) is 22.0 Å². The van der Waals surface area contributed by atoms with E-state index in [9.17, 15) is 9.90 Å². The highest BCUT2D eigenvalue weighted by molar-refractivity contribution is 5.97. The summed E-state index contributed by atoms with van der Waals surface area (Å²) in [4.78, 5) is 16.7. The summed E-state index contributed by atoms with van der Waals surface area (Å²) in [5, 5.41) is 14.2. The van der Waals surface area contributed by atoms with Gasteiger partial charge in [-0.2, -0.15) is 0 Å². The molecule has 0 radical (unpaired) electrons. The molecule has 4 aromatic carbocycles. The van der Waals surface area contributed by atoms with Gasteiger partial charge in [-0.15, -0.1) is 0 Å². The molecule has 0 bridgehead atoms. The molecule has 0 spiro atoms. The summed E-state index contributed by atoms with van der Waals surface area (Å²) in [6.45, 7) is 3.65. The van der Waals surface area contributed by atoms with E-state index in [0.29, 0.717) is 23.3 Å². The summed E-state index contributed by atoms with van der Waals surface area (Å²) in [6, 6.07) is 31.2. The number of H-pyrrole nitrogens is 1. The van der Waals surface area contributed by atoms with Crippen LogP contribution in [0.2, 0.25) is 0 Å². The summed E-state index contributed by atoms with van der Waals surface area (Å²) in [6.07, 6.45) is 2.31. The first-order valence-electron chi connectivity index (χ1n) is 13.4. The molecule has 0 aliphatic carbocycles. The van der Waals surface area contributed by atoms with Crippen molar-refractivity contribution in [2.24, 2.45) is 0 Å². The van der Waals surface area contributed by atoms with Gasteiger partial charge in [-0.05, 0) is 73.4 Å². The summed E-state index contributed by atoms with van der Waals surface area (Å²) < 4.78 is 5.94. The first-order valence-corrected chi connectivity index (χ1v) is 13.4. The second-order valence-electron chi connectivity index (χ2n) is 9.99. The SMILES string of the molecule is CC(C)Oc1ccc(C#Cc2ccc(-c3ccccc3)cc2)cc1C(=O)N[C@@H](CO)Cc1c[nH]c2ccccc12. The number of aliphatic hydroxyl groups excluding tert-OH is 1. The van der Waals surface area contributed by atoms with Gasteiger partial charge in [0, 0.05) is 28.2 Å². The Morgan fingerprint density at radius 3 is 2.30 bits per heavy atom. The number of carbonyl (C=O) groups is 1. The molecule has 0 fully saturated rings. The molecule has 0 aliphatic heterocycles. The van der Waals surface area contributed by atoms with Crippen molar-refractivity contribution in [3.8, 4) is 28.7 Å². The standard InChI is InChI=1S/C35H32N2O3/c1-24(2)40-34-19-16-26(13-12-25-14-17-28(18-15-25)27-8-4-3-5-9-27)20-32(34)35(39)37-30(23-38)21-29-22-36-33-11-7-6-10-31(29)33/h3-11,14-20,22,24,30,36,38H,21,23H2,1-2H3,(H,37,39)/t30-/m1/s1. The van der Waals surface area contributed by atoms with Crippen molar-refractivity contribution in [1.29, 1.82) is 0 Å². The van der Waals surface area contributed by atoms with Crippen LogP contribution in [0.3, 0.4) is 0 Å². The lowest BCUT2D eigenvalue weighted by molar-refractivity contribution is 0.0910. The van der Waals surface area contributed by atoms with Crippen molar-refractivity contribution in [3.05, 3.63) is 126 Å². The van der Waals surface area contributed by atoms with Gasteiger partial charge in [-0.25, -0.2) is 0 Å². The van der Waals surface area contributed by atoms with E-state index in [1.54, 1.807) is 12.1 Å². The fourth-order valence-electron chi connectivity index (χ4n) is 4.65. The van der Waals surface area contributed by atoms with E-state index in [1.807, 2.05) is 80.7 Å². The summed E-state index contributed by atoms with van der Waals surface area (Å²) in [5.74, 6) is 6.55. The van der Waals surface area contributed by atoms with E-state index in [1.165, 1.54) is 0 Å². The van der Waals surface area contributed by atoms with Crippen molar-refractivity contribution in [2.45, 2.75) is 32.4 Å². The number of nitrogens with one attached hydrogen (secondary N) is 2. The molecule has 40 heavy (non-hydrogen) atoms. The van der Waals surface area contributed by atoms with E-state index < -0.39 is 6.04 Å². The Morgan fingerprint density at radius 1 is 0.875 bits per heavy atom. The van der Waals surface area contributed by atoms with E-state index in [2.05, 4.69) is 46.4 Å². The number of amides is 1. The van der Waals surface area contributed by atoms with Crippen molar-refractivity contribution < 1.29 is 14.6 Å². The van der Waals surface area contributed by atoms with Gasteiger partial charge in [-0.3, -0.25) is 4.79 Å². The fourth-order valence-corrected chi connectivity index (χ4v) is 4.65. The van der Waals surface area contributed by atoms with Crippen LogP contribution in [0.4, 0.5) is 0 Å². The smallest absolute Gasteiger partial charge is 0.255 e. The van der Waals surface area contributed by atoms with Crippen LogP contribution in [0.1, 0.15) is 40.9 Å². The molecule has 5 heteroatoms. The monoisotopic (exact) mass is 528 g/mol. The number of ether oxygens (including phenoxy) is 1. The van der Waals surface area contributed by atoms with Crippen LogP contribution in [-0.4, -0.2) is 34.8 Å². The van der Waals surface area contributed by atoms with Gasteiger partial charge < -0.3 is 20.1 Å². The van der Waals surface area contributed by atoms with Gasteiger partial charge in [0.25, 0.3) is 5.91 Å². The Labute approximate surface area is 234 Å². The number of hydrogen-bond acceptors (Lipinski definition) is 3. The predicted molar refractivity (Wildman–Crippen MR) is 160 cm³/mol. The topological polar surface area (TPSA) is 74.3 Å². The maximum absolute atomic E-state index is 13.4. The van der Waals surface area contributed by atoms with Crippen LogP contribution < -0.4 is 10.1 Å². The van der Waals surface area contributed by atoms with Crippen LogP contribution in [-0.2, 0) is 6.42 Å². The number of rotatable bonds is 8. The third-order valence-corrected chi connectivity index (χ3v) is 6.63.